The molecule has 1 atom stereocenters. The van der Waals surface area contributed by atoms with Gasteiger partial charge in [0.15, 0.2) is 0 Å². The number of benzene rings is 1. The summed E-state index contributed by atoms with van der Waals surface area (Å²) < 4.78 is 5.96. The van der Waals surface area contributed by atoms with Gasteiger partial charge in [-0.3, -0.25) is 19.5 Å². The molecular formula is C22H24ClN5O4. The van der Waals surface area contributed by atoms with Gasteiger partial charge in [0.25, 0.3) is 5.91 Å². The first-order chi connectivity index (χ1) is 15.4. The van der Waals surface area contributed by atoms with Crippen molar-refractivity contribution in [2.45, 2.75) is 18.9 Å². The number of piperidine rings is 1. The van der Waals surface area contributed by atoms with E-state index in [-0.39, 0.29) is 30.3 Å². The van der Waals surface area contributed by atoms with E-state index in [1.807, 2.05) is 6.07 Å². The zero-order valence-corrected chi connectivity index (χ0v) is 18.2. The van der Waals surface area contributed by atoms with Crippen molar-refractivity contribution in [2.75, 3.05) is 37.6 Å². The van der Waals surface area contributed by atoms with Crippen molar-refractivity contribution in [2.24, 2.45) is 5.73 Å². The van der Waals surface area contributed by atoms with E-state index in [0.29, 0.717) is 37.0 Å². The Morgan fingerprint density at radius 1 is 1.19 bits per heavy atom. The Hall–Kier alpha value is -3.33. The minimum absolute atomic E-state index is 0.0176. The Kier molecular flexibility index (Phi) is 6.45. The van der Waals surface area contributed by atoms with Gasteiger partial charge in [0.1, 0.15) is 24.1 Å². The van der Waals surface area contributed by atoms with Gasteiger partial charge in [0.05, 0.1) is 6.54 Å². The van der Waals surface area contributed by atoms with E-state index in [4.69, 9.17) is 22.1 Å². The Morgan fingerprint density at radius 3 is 2.81 bits per heavy atom. The number of pyridine rings is 1. The number of likely N-dealkylation sites (tertiary alicyclic amines) is 1. The summed E-state index contributed by atoms with van der Waals surface area (Å²) in [4.78, 5) is 45.8. The molecule has 0 radical (unpaired) electrons. The monoisotopic (exact) mass is 457 g/mol. The van der Waals surface area contributed by atoms with E-state index in [9.17, 15) is 14.4 Å². The lowest BCUT2D eigenvalue weighted by atomic mass is 10.1. The first-order valence-electron chi connectivity index (χ1n) is 10.4. The van der Waals surface area contributed by atoms with E-state index in [0.717, 1.165) is 18.5 Å². The van der Waals surface area contributed by atoms with Crippen molar-refractivity contribution in [3.63, 3.8) is 0 Å². The lowest BCUT2D eigenvalue weighted by molar-refractivity contribution is -0.134. The van der Waals surface area contributed by atoms with Crippen molar-refractivity contribution in [1.82, 2.24) is 14.8 Å². The predicted octanol–water partition coefficient (Wildman–Crippen LogP) is 2.15. The van der Waals surface area contributed by atoms with Crippen LogP contribution >= 0.6 is 11.6 Å². The van der Waals surface area contributed by atoms with Crippen LogP contribution in [0.15, 0.2) is 42.6 Å². The smallest absolute Gasteiger partial charge is 0.325 e. The lowest BCUT2D eigenvalue weighted by Gasteiger charge is -2.33. The number of nitrogens with zero attached hydrogens (tertiary/aromatic N) is 4. The molecule has 0 aliphatic carbocycles. The molecule has 3 heterocycles. The summed E-state index contributed by atoms with van der Waals surface area (Å²) in [6.45, 7) is 2.01. The fourth-order valence-electron chi connectivity index (χ4n) is 3.95. The van der Waals surface area contributed by atoms with Gasteiger partial charge in [-0.1, -0.05) is 17.7 Å². The van der Waals surface area contributed by atoms with Gasteiger partial charge < -0.3 is 20.3 Å². The molecule has 2 N–H and O–H groups in total. The normalized spacial score (nSPS) is 18.7. The third-order valence-corrected chi connectivity index (χ3v) is 5.79. The zero-order chi connectivity index (χ0) is 22.7. The Bertz CT molecular complexity index is 1030. The van der Waals surface area contributed by atoms with Gasteiger partial charge in [-0.15, -0.1) is 0 Å². The molecule has 1 aromatic carbocycles. The summed E-state index contributed by atoms with van der Waals surface area (Å²) in [5.74, 6) is -0.259. The van der Waals surface area contributed by atoms with E-state index in [1.165, 1.54) is 12.3 Å². The lowest BCUT2D eigenvalue weighted by Crippen LogP contribution is -2.48. The SMILES string of the molecule is NC(=O)c1cc(OC2CCCN(C(=O)CN3CCN(c4cccc(Cl)c4)C3=O)C2)ccn1. The molecule has 0 saturated carbocycles. The first kappa shape index (κ1) is 21.9. The van der Waals surface area contributed by atoms with Gasteiger partial charge >= 0.3 is 6.03 Å². The van der Waals surface area contributed by atoms with Crippen molar-refractivity contribution in [3.05, 3.63) is 53.3 Å². The number of carbonyl (C=O) groups is 3. The molecule has 4 rings (SSSR count). The second-order valence-electron chi connectivity index (χ2n) is 7.80. The first-order valence-corrected chi connectivity index (χ1v) is 10.8. The van der Waals surface area contributed by atoms with Crippen molar-refractivity contribution < 1.29 is 19.1 Å². The van der Waals surface area contributed by atoms with Crippen LogP contribution in [0.2, 0.25) is 5.02 Å². The van der Waals surface area contributed by atoms with Crippen LogP contribution in [0.1, 0.15) is 23.3 Å². The second-order valence-corrected chi connectivity index (χ2v) is 8.23. The predicted molar refractivity (Wildman–Crippen MR) is 119 cm³/mol. The van der Waals surface area contributed by atoms with Gasteiger partial charge in [-0.25, -0.2) is 4.79 Å². The number of hydrogen-bond donors (Lipinski definition) is 1. The molecule has 1 unspecified atom stereocenters. The summed E-state index contributed by atoms with van der Waals surface area (Å²) in [5, 5.41) is 0.557. The minimum atomic E-state index is -0.627. The molecule has 2 fully saturated rings. The quantitative estimate of drug-likeness (QED) is 0.714. The number of amides is 4. The number of halogens is 1. The number of carbonyl (C=O) groups excluding carboxylic acids is 3. The van der Waals surface area contributed by atoms with Gasteiger partial charge in [-0.05, 0) is 37.1 Å². The molecule has 0 spiro atoms. The van der Waals surface area contributed by atoms with Gasteiger partial charge in [-0.2, -0.15) is 0 Å². The van der Waals surface area contributed by atoms with Gasteiger partial charge in [0.2, 0.25) is 5.91 Å². The number of anilines is 1. The van der Waals surface area contributed by atoms with Crippen LogP contribution in [0.25, 0.3) is 0 Å². The third-order valence-electron chi connectivity index (χ3n) is 5.56. The Morgan fingerprint density at radius 2 is 2.03 bits per heavy atom. The third kappa shape index (κ3) is 4.94. The van der Waals surface area contributed by atoms with Crippen LogP contribution in [-0.2, 0) is 4.79 Å². The van der Waals surface area contributed by atoms with E-state index in [1.54, 1.807) is 39.0 Å². The number of aromatic nitrogens is 1. The highest BCUT2D eigenvalue weighted by Crippen LogP contribution is 2.24. The van der Waals surface area contributed by atoms with E-state index >= 15 is 0 Å². The average molecular weight is 458 g/mol. The molecule has 9 nitrogen and oxygen atoms in total. The maximum absolute atomic E-state index is 12.9. The van der Waals surface area contributed by atoms with Gasteiger partial charge in [0, 0.05) is 42.6 Å². The molecule has 32 heavy (non-hydrogen) atoms. The average Bonchev–Trinajstić information content (AvgIpc) is 3.14. The highest BCUT2D eigenvalue weighted by atomic mass is 35.5. The summed E-state index contributed by atoms with van der Waals surface area (Å²) >= 11 is 6.04. The Balaban J connectivity index is 1.34. The standard InChI is InChI=1S/C22H24ClN5O4/c23-15-3-1-4-16(11-15)28-10-9-27(22(28)31)14-20(29)26-8-2-5-18(13-26)32-17-6-7-25-19(12-17)21(24)30/h1,3-4,6-7,11-12,18H,2,5,8-10,13-14H2,(H2,24,30). The van der Waals surface area contributed by atoms with Crippen LogP contribution in [0.3, 0.4) is 0 Å². The topological polar surface area (TPSA) is 109 Å². The minimum Gasteiger partial charge on any atom is -0.488 e. The van der Waals surface area contributed by atoms with Crippen molar-refractivity contribution >= 4 is 35.1 Å². The number of nitrogens with two attached hydrogens (primary N) is 1. The molecule has 10 heteroatoms. The summed E-state index contributed by atoms with van der Waals surface area (Å²) in [7, 11) is 0. The van der Waals surface area contributed by atoms with Crippen LogP contribution < -0.4 is 15.4 Å². The molecule has 2 saturated heterocycles. The maximum Gasteiger partial charge on any atom is 0.325 e. The summed E-state index contributed by atoms with van der Waals surface area (Å²) in [6.07, 6.45) is 2.81. The molecule has 2 aromatic rings. The Labute approximate surface area is 190 Å². The fraction of sp³-hybridized carbons (Fsp3) is 0.364. The second kappa shape index (κ2) is 9.44. The van der Waals surface area contributed by atoms with Crippen molar-refractivity contribution in [3.8, 4) is 5.75 Å². The number of urea groups is 1. The molecule has 4 amide bonds. The highest BCUT2D eigenvalue weighted by molar-refractivity contribution is 6.30. The number of rotatable bonds is 6. The molecule has 2 aliphatic rings. The summed E-state index contributed by atoms with van der Waals surface area (Å²) in [6, 6.07) is 10.0. The van der Waals surface area contributed by atoms with Crippen molar-refractivity contribution in [1.29, 1.82) is 0 Å². The largest absolute Gasteiger partial charge is 0.488 e. The van der Waals surface area contributed by atoms with Crippen LogP contribution in [0, 0.1) is 0 Å². The van der Waals surface area contributed by atoms with E-state index in [2.05, 4.69) is 4.98 Å². The van der Waals surface area contributed by atoms with Crippen LogP contribution in [0.4, 0.5) is 10.5 Å². The van der Waals surface area contributed by atoms with Crippen LogP contribution in [-0.4, -0.2) is 71.5 Å². The number of ether oxygens (including phenoxy) is 1. The summed E-state index contributed by atoms with van der Waals surface area (Å²) in [5.41, 5.74) is 6.12. The van der Waals surface area contributed by atoms with E-state index < -0.39 is 5.91 Å². The van der Waals surface area contributed by atoms with Crippen LogP contribution in [0.5, 0.6) is 5.75 Å². The zero-order valence-electron chi connectivity index (χ0n) is 17.4. The molecule has 0 bridgehead atoms. The molecule has 168 valence electrons. The number of hydrogen-bond acceptors (Lipinski definition) is 5. The molecule has 1 aromatic heterocycles. The fourth-order valence-corrected chi connectivity index (χ4v) is 4.13. The molecular weight excluding hydrogens is 434 g/mol. The molecule has 2 aliphatic heterocycles. The number of primary amides is 1. The highest BCUT2D eigenvalue weighted by Gasteiger charge is 2.33. The maximum atomic E-state index is 12.9.